The maximum Gasteiger partial charge on any atom is 0.240 e. The average molecular weight is 378 g/mol. The van der Waals surface area contributed by atoms with E-state index >= 15 is 0 Å². The van der Waals surface area contributed by atoms with E-state index in [0.717, 1.165) is 39.0 Å². The molecular formula is C24H31N3O. The van der Waals surface area contributed by atoms with Crippen LogP contribution in [-0.2, 0) is 17.8 Å². The van der Waals surface area contributed by atoms with Crippen molar-refractivity contribution in [3.63, 3.8) is 0 Å². The van der Waals surface area contributed by atoms with Crippen molar-refractivity contribution in [1.29, 1.82) is 0 Å². The zero-order chi connectivity index (χ0) is 19.2. The van der Waals surface area contributed by atoms with Gasteiger partial charge >= 0.3 is 0 Å². The van der Waals surface area contributed by atoms with Crippen LogP contribution >= 0.6 is 0 Å². The van der Waals surface area contributed by atoms with E-state index in [1.807, 2.05) is 24.3 Å². The molecule has 0 unspecified atom stereocenters. The minimum atomic E-state index is -0.0439. The van der Waals surface area contributed by atoms with Crippen molar-refractivity contribution in [2.45, 2.75) is 38.3 Å². The second kappa shape index (κ2) is 8.89. The van der Waals surface area contributed by atoms with Gasteiger partial charge in [-0.25, -0.2) is 0 Å². The van der Waals surface area contributed by atoms with E-state index in [1.165, 1.54) is 24.0 Å². The molecule has 0 aliphatic carbocycles. The number of hydrogen-bond donors (Lipinski definition) is 2. The number of benzene rings is 2. The van der Waals surface area contributed by atoms with E-state index in [4.69, 9.17) is 0 Å². The van der Waals surface area contributed by atoms with Gasteiger partial charge in [-0.15, -0.1) is 0 Å². The molecule has 4 nitrogen and oxygen atoms in total. The van der Waals surface area contributed by atoms with Crippen LogP contribution in [0.5, 0.6) is 0 Å². The summed E-state index contributed by atoms with van der Waals surface area (Å²) >= 11 is 0. The van der Waals surface area contributed by atoms with Crippen molar-refractivity contribution in [2.75, 3.05) is 26.2 Å². The molecule has 0 bridgehead atoms. The standard InChI is InChI=1S/C24H31N3O/c28-23(22-17-24(19-26-22)12-14-25-15-13-24)27(18-21-9-5-2-6-10-21)16-11-20-7-3-1-4-8-20/h1-10,22,25-26H,11-19H2/t22-/m0/s1. The van der Waals surface area contributed by atoms with Crippen LogP contribution < -0.4 is 10.6 Å². The molecule has 1 atom stereocenters. The van der Waals surface area contributed by atoms with Gasteiger partial charge in [0.25, 0.3) is 0 Å². The van der Waals surface area contributed by atoms with Gasteiger partial charge in [-0.2, -0.15) is 0 Å². The Kier molecular flexibility index (Phi) is 6.08. The van der Waals surface area contributed by atoms with Crippen LogP contribution in [0, 0.1) is 5.41 Å². The number of carbonyl (C=O) groups excluding carboxylic acids is 1. The van der Waals surface area contributed by atoms with E-state index < -0.39 is 0 Å². The van der Waals surface area contributed by atoms with Gasteiger partial charge in [-0.1, -0.05) is 60.7 Å². The van der Waals surface area contributed by atoms with Gasteiger partial charge in [0.05, 0.1) is 6.04 Å². The Morgan fingerprint density at radius 3 is 2.29 bits per heavy atom. The molecule has 2 aliphatic rings. The smallest absolute Gasteiger partial charge is 0.240 e. The highest BCUT2D eigenvalue weighted by Gasteiger charge is 2.43. The molecule has 148 valence electrons. The van der Waals surface area contributed by atoms with Gasteiger partial charge in [0.1, 0.15) is 0 Å². The maximum atomic E-state index is 13.4. The van der Waals surface area contributed by atoms with Crippen LogP contribution in [0.15, 0.2) is 60.7 Å². The number of carbonyl (C=O) groups is 1. The third kappa shape index (κ3) is 4.62. The number of piperidine rings is 1. The summed E-state index contributed by atoms with van der Waals surface area (Å²) in [5, 5.41) is 7.01. The van der Waals surface area contributed by atoms with Crippen molar-refractivity contribution in [1.82, 2.24) is 15.5 Å². The van der Waals surface area contributed by atoms with E-state index in [2.05, 4.69) is 51.9 Å². The number of nitrogens with zero attached hydrogens (tertiary/aromatic N) is 1. The molecule has 4 heteroatoms. The highest BCUT2D eigenvalue weighted by molar-refractivity contribution is 5.82. The molecule has 2 fully saturated rings. The molecule has 2 aliphatic heterocycles. The van der Waals surface area contributed by atoms with Crippen LogP contribution in [-0.4, -0.2) is 43.0 Å². The topological polar surface area (TPSA) is 44.4 Å². The lowest BCUT2D eigenvalue weighted by molar-refractivity contribution is -0.133. The van der Waals surface area contributed by atoms with Crippen molar-refractivity contribution in [2.24, 2.45) is 5.41 Å². The maximum absolute atomic E-state index is 13.4. The average Bonchev–Trinajstić information content (AvgIpc) is 3.16. The Balaban J connectivity index is 1.45. The van der Waals surface area contributed by atoms with Crippen LogP contribution in [0.1, 0.15) is 30.4 Å². The van der Waals surface area contributed by atoms with Crippen molar-refractivity contribution >= 4 is 5.91 Å². The first-order valence-electron chi connectivity index (χ1n) is 10.5. The SMILES string of the molecule is O=C([C@@H]1CC2(CCNCC2)CN1)N(CCc1ccccc1)Cc1ccccc1. The van der Waals surface area contributed by atoms with Crippen LogP contribution in [0.25, 0.3) is 0 Å². The van der Waals surface area contributed by atoms with Gasteiger partial charge in [0.15, 0.2) is 0 Å². The summed E-state index contributed by atoms with van der Waals surface area (Å²) in [7, 11) is 0. The molecule has 1 spiro atoms. The predicted octanol–water partition coefficient (Wildman–Crippen LogP) is 2.99. The van der Waals surface area contributed by atoms with Crippen LogP contribution in [0.2, 0.25) is 0 Å². The van der Waals surface area contributed by atoms with Gasteiger partial charge in [-0.3, -0.25) is 4.79 Å². The molecule has 2 N–H and O–H groups in total. The molecule has 2 aromatic carbocycles. The summed E-state index contributed by atoms with van der Waals surface area (Å²) in [6, 6.07) is 20.8. The summed E-state index contributed by atoms with van der Waals surface area (Å²) in [5.74, 6) is 0.259. The quantitative estimate of drug-likeness (QED) is 0.813. The molecule has 2 saturated heterocycles. The number of hydrogen-bond acceptors (Lipinski definition) is 3. The van der Waals surface area contributed by atoms with Gasteiger partial charge < -0.3 is 15.5 Å². The number of nitrogens with one attached hydrogen (secondary N) is 2. The first-order chi connectivity index (χ1) is 13.7. The fourth-order valence-corrected chi connectivity index (χ4v) is 4.63. The monoisotopic (exact) mass is 377 g/mol. The molecule has 0 aromatic heterocycles. The van der Waals surface area contributed by atoms with E-state index in [-0.39, 0.29) is 11.9 Å². The second-order valence-electron chi connectivity index (χ2n) is 8.37. The predicted molar refractivity (Wildman–Crippen MR) is 113 cm³/mol. The van der Waals surface area contributed by atoms with Gasteiger partial charge in [-0.05, 0) is 55.3 Å². The van der Waals surface area contributed by atoms with Crippen LogP contribution in [0.3, 0.4) is 0 Å². The molecule has 1 amide bonds. The lowest BCUT2D eigenvalue weighted by Gasteiger charge is -2.33. The molecule has 28 heavy (non-hydrogen) atoms. The largest absolute Gasteiger partial charge is 0.337 e. The Labute approximate surface area is 168 Å². The van der Waals surface area contributed by atoms with E-state index in [0.29, 0.717) is 12.0 Å². The summed E-state index contributed by atoms with van der Waals surface area (Å²) in [6.45, 7) is 4.56. The summed E-state index contributed by atoms with van der Waals surface area (Å²) in [6.07, 6.45) is 4.21. The highest BCUT2D eigenvalue weighted by Crippen LogP contribution is 2.37. The molecule has 2 heterocycles. The van der Waals surface area contributed by atoms with E-state index in [9.17, 15) is 4.79 Å². The van der Waals surface area contributed by atoms with Crippen molar-refractivity contribution in [3.05, 3.63) is 71.8 Å². The molecule has 2 aromatic rings. The normalized spacial score (nSPS) is 20.9. The first kappa shape index (κ1) is 19.2. The Morgan fingerprint density at radius 2 is 1.61 bits per heavy atom. The molecule has 4 rings (SSSR count). The summed E-state index contributed by atoms with van der Waals surface area (Å²) in [5.41, 5.74) is 2.78. The zero-order valence-electron chi connectivity index (χ0n) is 16.6. The van der Waals surface area contributed by atoms with Gasteiger partial charge in [0.2, 0.25) is 5.91 Å². The highest BCUT2D eigenvalue weighted by atomic mass is 16.2. The summed E-state index contributed by atoms with van der Waals surface area (Å²) in [4.78, 5) is 15.5. The third-order valence-electron chi connectivity index (χ3n) is 6.36. The van der Waals surface area contributed by atoms with Crippen LogP contribution in [0.4, 0.5) is 0 Å². The number of rotatable bonds is 6. The van der Waals surface area contributed by atoms with Gasteiger partial charge in [0, 0.05) is 19.6 Å². The zero-order valence-corrected chi connectivity index (χ0v) is 16.6. The lowest BCUT2D eigenvalue weighted by atomic mass is 9.77. The van der Waals surface area contributed by atoms with Crippen molar-refractivity contribution < 1.29 is 4.79 Å². The Bertz CT molecular complexity index is 756. The molecule has 0 radical (unpaired) electrons. The fourth-order valence-electron chi connectivity index (χ4n) is 4.63. The third-order valence-corrected chi connectivity index (χ3v) is 6.36. The molecular weight excluding hydrogens is 346 g/mol. The Morgan fingerprint density at radius 1 is 0.964 bits per heavy atom. The minimum absolute atomic E-state index is 0.0439. The fraction of sp³-hybridized carbons (Fsp3) is 0.458. The minimum Gasteiger partial charge on any atom is -0.337 e. The van der Waals surface area contributed by atoms with E-state index in [1.54, 1.807) is 0 Å². The molecule has 0 saturated carbocycles. The van der Waals surface area contributed by atoms with Crippen molar-refractivity contribution in [3.8, 4) is 0 Å². The number of amides is 1. The first-order valence-corrected chi connectivity index (χ1v) is 10.5. The lowest BCUT2D eigenvalue weighted by Crippen LogP contribution is -2.44. The second-order valence-corrected chi connectivity index (χ2v) is 8.37. The Hall–Kier alpha value is -2.17. The summed E-state index contributed by atoms with van der Waals surface area (Å²) < 4.78 is 0.